The zero-order valence-corrected chi connectivity index (χ0v) is 13.1. The number of aromatic amines is 1. The Kier molecular flexibility index (Phi) is 3.00. The molecule has 0 saturated heterocycles. The van der Waals surface area contributed by atoms with E-state index in [4.69, 9.17) is 4.98 Å². The third kappa shape index (κ3) is 2.03. The number of imidazole rings is 1. The van der Waals surface area contributed by atoms with Crippen molar-refractivity contribution in [3.05, 3.63) is 17.3 Å². The second-order valence-corrected chi connectivity index (χ2v) is 6.41. The highest BCUT2D eigenvalue weighted by molar-refractivity contribution is 5.60. The van der Waals surface area contributed by atoms with Crippen LogP contribution in [0, 0.1) is 6.92 Å². The van der Waals surface area contributed by atoms with E-state index in [9.17, 15) is 5.11 Å². The van der Waals surface area contributed by atoms with Gasteiger partial charge in [0.25, 0.3) is 0 Å². The monoisotopic (exact) mass is 302 g/mol. The molecule has 0 spiro atoms. The molecule has 1 aliphatic carbocycles. The Labute approximate surface area is 129 Å². The van der Waals surface area contributed by atoms with Crippen LogP contribution in [0.2, 0.25) is 0 Å². The Bertz CT molecular complexity index is 699. The van der Waals surface area contributed by atoms with E-state index in [0.29, 0.717) is 12.4 Å². The van der Waals surface area contributed by atoms with Gasteiger partial charge in [-0.3, -0.25) is 9.47 Å². The first kappa shape index (κ1) is 13.8. The first-order chi connectivity index (χ1) is 10.6. The molecule has 1 saturated carbocycles. The number of nitrogens with zero attached hydrogens (tertiary/aromatic N) is 5. The molecular weight excluding hydrogens is 280 g/mol. The number of hydrogen-bond acceptors (Lipinski definition) is 5. The van der Waals surface area contributed by atoms with E-state index in [1.165, 1.54) is 12.8 Å². The number of unbranched alkanes of at least 4 members (excludes halogenated alkanes) is 2. The van der Waals surface area contributed by atoms with Crippen molar-refractivity contribution in [1.29, 1.82) is 0 Å². The average Bonchev–Trinajstić information content (AvgIpc) is 2.96. The van der Waals surface area contributed by atoms with Gasteiger partial charge in [-0.15, -0.1) is 10.2 Å². The number of H-pyrrole nitrogens is 1. The van der Waals surface area contributed by atoms with Crippen molar-refractivity contribution in [3.63, 3.8) is 0 Å². The van der Waals surface area contributed by atoms with Gasteiger partial charge >= 0.3 is 0 Å². The van der Waals surface area contributed by atoms with Gasteiger partial charge in [0.2, 0.25) is 5.95 Å². The lowest BCUT2D eigenvalue weighted by Crippen LogP contribution is -2.28. The van der Waals surface area contributed by atoms with Gasteiger partial charge in [0.1, 0.15) is 17.2 Å². The Hall–Kier alpha value is -1.89. The fraction of sp³-hybridized carbons (Fsp3) is 0.667. The molecule has 3 heterocycles. The summed E-state index contributed by atoms with van der Waals surface area (Å²) in [6.07, 6.45) is 5.03. The van der Waals surface area contributed by atoms with E-state index in [-0.39, 0.29) is 0 Å². The lowest BCUT2D eigenvalue weighted by molar-refractivity contribution is 0.142. The van der Waals surface area contributed by atoms with Crippen LogP contribution in [0.5, 0.6) is 0 Å². The zero-order chi connectivity index (χ0) is 15.3. The molecule has 0 atom stereocenters. The number of nitrogens with one attached hydrogen (secondary N) is 1. The summed E-state index contributed by atoms with van der Waals surface area (Å²) in [4.78, 5) is 10.2. The molecule has 2 N–H and O–H groups in total. The summed E-state index contributed by atoms with van der Waals surface area (Å²) in [5, 5.41) is 18.9. The van der Waals surface area contributed by atoms with Gasteiger partial charge in [-0.25, -0.2) is 4.98 Å². The first-order valence-electron chi connectivity index (χ1n) is 8.11. The number of aromatic nitrogens is 5. The van der Waals surface area contributed by atoms with Gasteiger partial charge in [-0.2, -0.15) is 0 Å². The van der Waals surface area contributed by atoms with Crippen molar-refractivity contribution in [2.45, 2.75) is 58.1 Å². The number of aryl methyl sites for hydroxylation is 1. The van der Waals surface area contributed by atoms with E-state index >= 15 is 0 Å². The molecule has 22 heavy (non-hydrogen) atoms. The smallest absolute Gasteiger partial charge is 0.233 e. The standard InChI is InChI=1S/C15H22N6O/c1-3-4-5-8-20-12-11(9-21-10(2)18-19-14(20)21)16-13(17-12)15(22)6-7-15/h22H,3-9H2,1-2H3,(H,16,17). The maximum absolute atomic E-state index is 10.3. The number of aliphatic hydroxyl groups is 1. The maximum Gasteiger partial charge on any atom is 0.233 e. The SMILES string of the molecule is CCCCCN1c2nc(C3(O)CC3)[nH]c2Cn2c(C)nnc21. The van der Waals surface area contributed by atoms with E-state index in [1.807, 2.05) is 6.92 Å². The summed E-state index contributed by atoms with van der Waals surface area (Å²) < 4.78 is 2.10. The highest BCUT2D eigenvalue weighted by Gasteiger charge is 2.46. The number of anilines is 2. The summed E-state index contributed by atoms with van der Waals surface area (Å²) in [6, 6.07) is 0. The normalized spacial score (nSPS) is 18.2. The molecule has 2 aromatic heterocycles. The zero-order valence-electron chi connectivity index (χ0n) is 13.1. The Balaban J connectivity index is 1.71. The molecule has 0 bridgehead atoms. The largest absolute Gasteiger partial charge is 0.382 e. The van der Waals surface area contributed by atoms with Crippen LogP contribution < -0.4 is 4.90 Å². The Morgan fingerprint density at radius 3 is 2.82 bits per heavy atom. The van der Waals surface area contributed by atoms with Crippen molar-refractivity contribution >= 4 is 11.8 Å². The van der Waals surface area contributed by atoms with Crippen LogP contribution >= 0.6 is 0 Å². The minimum atomic E-state index is -0.734. The van der Waals surface area contributed by atoms with E-state index < -0.39 is 5.60 Å². The topological polar surface area (TPSA) is 82.9 Å². The third-order valence-electron chi connectivity index (χ3n) is 4.64. The second-order valence-electron chi connectivity index (χ2n) is 6.41. The quantitative estimate of drug-likeness (QED) is 0.825. The predicted molar refractivity (Wildman–Crippen MR) is 82.1 cm³/mol. The molecule has 2 aliphatic rings. The van der Waals surface area contributed by atoms with Crippen LogP contribution in [0.4, 0.5) is 11.8 Å². The van der Waals surface area contributed by atoms with Gasteiger partial charge in [-0.05, 0) is 26.2 Å². The van der Waals surface area contributed by atoms with Gasteiger partial charge in [0.05, 0.1) is 12.2 Å². The molecule has 1 aliphatic heterocycles. The maximum atomic E-state index is 10.3. The molecule has 0 unspecified atom stereocenters. The van der Waals surface area contributed by atoms with E-state index in [1.54, 1.807) is 0 Å². The highest BCUT2D eigenvalue weighted by Crippen LogP contribution is 2.45. The first-order valence-corrected chi connectivity index (χ1v) is 8.11. The van der Waals surface area contributed by atoms with Crippen molar-refractivity contribution in [2.24, 2.45) is 0 Å². The summed E-state index contributed by atoms with van der Waals surface area (Å²) in [6.45, 7) is 5.74. The average molecular weight is 302 g/mol. The second kappa shape index (κ2) is 4.81. The fourth-order valence-corrected chi connectivity index (χ4v) is 3.04. The molecule has 7 heteroatoms. The molecule has 2 aromatic rings. The van der Waals surface area contributed by atoms with Gasteiger partial charge in [-0.1, -0.05) is 19.8 Å². The molecule has 7 nitrogen and oxygen atoms in total. The molecular formula is C15H22N6O. The van der Waals surface area contributed by atoms with Crippen molar-refractivity contribution in [1.82, 2.24) is 24.7 Å². The summed E-state index contributed by atoms with van der Waals surface area (Å²) >= 11 is 0. The van der Waals surface area contributed by atoms with Crippen LogP contribution in [0.15, 0.2) is 0 Å². The Morgan fingerprint density at radius 1 is 1.27 bits per heavy atom. The Morgan fingerprint density at radius 2 is 2.09 bits per heavy atom. The minimum absolute atomic E-state index is 0.691. The van der Waals surface area contributed by atoms with Crippen LogP contribution in [0.1, 0.15) is 56.4 Å². The van der Waals surface area contributed by atoms with Gasteiger partial charge in [0, 0.05) is 6.54 Å². The number of fused-ring (bicyclic) bond motifs is 2. The molecule has 4 rings (SSSR count). The minimum Gasteiger partial charge on any atom is -0.382 e. The summed E-state index contributed by atoms with van der Waals surface area (Å²) in [5.74, 6) is 3.38. The fourth-order valence-electron chi connectivity index (χ4n) is 3.04. The van der Waals surface area contributed by atoms with Crippen LogP contribution in [0.3, 0.4) is 0 Å². The third-order valence-corrected chi connectivity index (χ3v) is 4.64. The molecule has 0 radical (unpaired) electrons. The molecule has 0 amide bonds. The molecule has 1 fully saturated rings. The van der Waals surface area contributed by atoms with Gasteiger partial charge < -0.3 is 10.1 Å². The summed E-state index contributed by atoms with van der Waals surface area (Å²) in [5.41, 5.74) is 0.309. The number of rotatable bonds is 5. The van der Waals surface area contributed by atoms with Crippen molar-refractivity contribution in [2.75, 3.05) is 11.4 Å². The van der Waals surface area contributed by atoms with Crippen LogP contribution in [-0.4, -0.2) is 36.4 Å². The number of hydrogen-bond donors (Lipinski definition) is 2. The summed E-state index contributed by atoms with van der Waals surface area (Å²) in [7, 11) is 0. The van der Waals surface area contributed by atoms with Crippen LogP contribution in [-0.2, 0) is 12.1 Å². The van der Waals surface area contributed by atoms with Crippen LogP contribution in [0.25, 0.3) is 0 Å². The molecule has 0 aromatic carbocycles. The lowest BCUT2D eigenvalue weighted by Gasteiger charge is -2.27. The van der Waals surface area contributed by atoms with Gasteiger partial charge in [0.15, 0.2) is 5.82 Å². The highest BCUT2D eigenvalue weighted by atomic mass is 16.3. The van der Waals surface area contributed by atoms with E-state index in [2.05, 4.69) is 31.6 Å². The lowest BCUT2D eigenvalue weighted by atomic mass is 10.2. The predicted octanol–water partition coefficient (Wildman–Crippen LogP) is 1.98. The van der Waals surface area contributed by atoms with Crippen molar-refractivity contribution < 1.29 is 5.11 Å². The van der Waals surface area contributed by atoms with Crippen molar-refractivity contribution in [3.8, 4) is 0 Å². The molecule has 118 valence electrons. The van der Waals surface area contributed by atoms with E-state index in [0.717, 1.165) is 49.1 Å².